The molecule has 6 heteroatoms. The van der Waals surface area contributed by atoms with Gasteiger partial charge in [-0.3, -0.25) is 0 Å². The summed E-state index contributed by atoms with van der Waals surface area (Å²) >= 11 is 0. The van der Waals surface area contributed by atoms with Crippen molar-refractivity contribution < 1.29 is 22.3 Å². The molecule has 0 saturated carbocycles. The molecule has 1 rings (SSSR count). The lowest BCUT2D eigenvalue weighted by Gasteiger charge is -2.28. The third-order valence-corrected chi connectivity index (χ3v) is 5.40. The van der Waals surface area contributed by atoms with E-state index in [0.29, 0.717) is 0 Å². The van der Waals surface area contributed by atoms with Gasteiger partial charge in [0.05, 0.1) is 10.9 Å². The summed E-state index contributed by atoms with van der Waals surface area (Å²) in [6, 6.07) is 3.35. The maximum Gasteiger partial charge on any atom is 0.155 e. The summed E-state index contributed by atoms with van der Waals surface area (Å²) in [5, 5.41) is 9.90. The molecule has 0 saturated heterocycles. The molecule has 18 heavy (non-hydrogen) atoms. The Morgan fingerprint density at radius 2 is 1.72 bits per heavy atom. The van der Waals surface area contributed by atoms with Crippen molar-refractivity contribution >= 4 is 9.84 Å². The van der Waals surface area contributed by atoms with Crippen LogP contribution in [0.1, 0.15) is 19.4 Å². The minimum Gasteiger partial charge on any atom is -0.391 e. The number of aliphatic hydroxyl groups is 1. The van der Waals surface area contributed by atoms with Gasteiger partial charge in [-0.15, -0.1) is 0 Å². The van der Waals surface area contributed by atoms with Gasteiger partial charge in [0.2, 0.25) is 0 Å². The Morgan fingerprint density at radius 3 is 2.11 bits per heavy atom. The zero-order valence-electron chi connectivity index (χ0n) is 10.4. The van der Waals surface area contributed by atoms with E-state index in [-0.39, 0.29) is 5.56 Å². The lowest BCUT2D eigenvalue weighted by atomic mass is 9.98. The third-order valence-electron chi connectivity index (χ3n) is 3.22. The molecule has 0 aliphatic heterocycles. The highest BCUT2D eigenvalue weighted by Crippen LogP contribution is 2.25. The molecule has 1 N–H and O–H groups in total. The van der Waals surface area contributed by atoms with Crippen molar-refractivity contribution in [2.45, 2.75) is 31.1 Å². The predicted molar refractivity (Wildman–Crippen MR) is 65.0 cm³/mol. The van der Waals surface area contributed by atoms with Gasteiger partial charge in [-0.1, -0.05) is 6.07 Å². The first-order valence-corrected chi connectivity index (χ1v) is 7.27. The molecule has 0 bridgehead atoms. The highest BCUT2D eigenvalue weighted by atomic mass is 32.2. The van der Waals surface area contributed by atoms with Gasteiger partial charge >= 0.3 is 0 Å². The van der Waals surface area contributed by atoms with E-state index >= 15 is 0 Å². The summed E-state index contributed by atoms with van der Waals surface area (Å²) in [5.41, 5.74) is -0.304. The Bertz CT molecular complexity index is 518. The van der Waals surface area contributed by atoms with Crippen molar-refractivity contribution in [2.75, 3.05) is 6.26 Å². The van der Waals surface area contributed by atoms with Gasteiger partial charge in [-0.05, 0) is 26.0 Å². The van der Waals surface area contributed by atoms with E-state index in [1.807, 2.05) is 0 Å². The van der Waals surface area contributed by atoms with E-state index in [2.05, 4.69) is 0 Å². The molecule has 0 radical (unpaired) electrons. The summed E-state index contributed by atoms with van der Waals surface area (Å²) in [6.45, 7) is 2.65. The summed E-state index contributed by atoms with van der Waals surface area (Å²) in [5.74, 6) is -1.59. The van der Waals surface area contributed by atoms with Crippen LogP contribution in [0.3, 0.4) is 0 Å². The van der Waals surface area contributed by atoms with Crippen molar-refractivity contribution in [3.8, 4) is 0 Å². The van der Waals surface area contributed by atoms with E-state index < -0.39 is 38.7 Å². The van der Waals surface area contributed by atoms with Gasteiger partial charge < -0.3 is 5.11 Å². The van der Waals surface area contributed by atoms with Crippen LogP contribution in [0.4, 0.5) is 8.78 Å². The van der Waals surface area contributed by atoms with Crippen LogP contribution in [-0.2, 0) is 16.3 Å². The largest absolute Gasteiger partial charge is 0.391 e. The summed E-state index contributed by atoms with van der Waals surface area (Å²) in [7, 11) is -3.54. The molecule has 0 aliphatic rings. The highest BCUT2D eigenvalue weighted by molar-refractivity contribution is 7.92. The van der Waals surface area contributed by atoms with Crippen molar-refractivity contribution in [1.29, 1.82) is 0 Å². The molecular formula is C12H16F2O3S. The first kappa shape index (κ1) is 15.0. The molecule has 3 nitrogen and oxygen atoms in total. The number of hydrogen-bond acceptors (Lipinski definition) is 3. The molecule has 1 aromatic rings. The van der Waals surface area contributed by atoms with Crippen molar-refractivity contribution in [1.82, 2.24) is 0 Å². The van der Waals surface area contributed by atoms with Crippen LogP contribution in [-0.4, -0.2) is 30.6 Å². The molecule has 1 aromatic carbocycles. The predicted octanol–water partition coefficient (Wildman–Crippen LogP) is 1.69. The van der Waals surface area contributed by atoms with Gasteiger partial charge in [-0.2, -0.15) is 0 Å². The van der Waals surface area contributed by atoms with Crippen molar-refractivity contribution in [2.24, 2.45) is 0 Å². The van der Waals surface area contributed by atoms with E-state index in [1.165, 1.54) is 19.9 Å². The number of rotatable bonds is 4. The van der Waals surface area contributed by atoms with Crippen LogP contribution in [0.25, 0.3) is 0 Å². The molecule has 0 amide bonds. The molecule has 0 aromatic heterocycles. The van der Waals surface area contributed by atoms with Crippen LogP contribution < -0.4 is 0 Å². The maximum atomic E-state index is 13.4. The number of hydrogen-bond donors (Lipinski definition) is 1. The topological polar surface area (TPSA) is 54.4 Å². The minimum absolute atomic E-state index is 0.304. The number of aliphatic hydroxyl groups excluding tert-OH is 1. The number of benzene rings is 1. The normalized spacial score (nSPS) is 14.6. The average Bonchev–Trinajstić information content (AvgIpc) is 2.21. The fraction of sp³-hybridized carbons (Fsp3) is 0.500. The Balaban J connectivity index is 3.06. The fourth-order valence-corrected chi connectivity index (χ4v) is 1.99. The lowest BCUT2D eigenvalue weighted by molar-refractivity contribution is 0.135. The second-order valence-electron chi connectivity index (χ2n) is 4.80. The van der Waals surface area contributed by atoms with Crippen LogP contribution in [0.5, 0.6) is 0 Å². The number of sulfone groups is 1. The summed E-state index contributed by atoms with van der Waals surface area (Å²) in [4.78, 5) is 0. The third kappa shape index (κ3) is 2.87. The summed E-state index contributed by atoms with van der Waals surface area (Å²) < 4.78 is 48.3. The number of halogens is 2. The maximum absolute atomic E-state index is 13.4. The minimum atomic E-state index is -3.54. The zero-order chi connectivity index (χ0) is 14.1. The average molecular weight is 278 g/mol. The zero-order valence-corrected chi connectivity index (χ0v) is 11.3. The van der Waals surface area contributed by atoms with Crippen LogP contribution >= 0.6 is 0 Å². The molecule has 0 fully saturated rings. The lowest BCUT2D eigenvalue weighted by Crippen LogP contribution is -2.44. The van der Waals surface area contributed by atoms with E-state index in [9.17, 15) is 22.3 Å². The molecule has 0 heterocycles. The Labute approximate surface area is 105 Å². The molecular weight excluding hydrogens is 262 g/mol. The second kappa shape index (κ2) is 4.93. The van der Waals surface area contributed by atoms with Gasteiger partial charge in [0.1, 0.15) is 11.6 Å². The van der Waals surface area contributed by atoms with Gasteiger partial charge in [0.15, 0.2) is 9.84 Å². The Hall–Kier alpha value is -1.01. The quantitative estimate of drug-likeness (QED) is 0.912. The van der Waals surface area contributed by atoms with Crippen molar-refractivity contribution in [3.63, 3.8) is 0 Å². The van der Waals surface area contributed by atoms with E-state index in [1.54, 1.807) is 0 Å². The monoisotopic (exact) mass is 278 g/mol. The van der Waals surface area contributed by atoms with E-state index in [0.717, 1.165) is 18.4 Å². The van der Waals surface area contributed by atoms with Gasteiger partial charge in [0, 0.05) is 18.2 Å². The smallest absolute Gasteiger partial charge is 0.155 e. The van der Waals surface area contributed by atoms with Gasteiger partial charge in [0.25, 0.3) is 0 Å². The van der Waals surface area contributed by atoms with Crippen LogP contribution in [0.15, 0.2) is 18.2 Å². The summed E-state index contributed by atoms with van der Waals surface area (Å²) in [6.07, 6.45) is -0.800. The first-order chi connectivity index (χ1) is 8.07. The van der Waals surface area contributed by atoms with E-state index in [4.69, 9.17) is 0 Å². The first-order valence-electron chi connectivity index (χ1n) is 5.38. The van der Waals surface area contributed by atoms with Crippen molar-refractivity contribution in [3.05, 3.63) is 35.4 Å². The highest BCUT2D eigenvalue weighted by Gasteiger charge is 2.38. The second-order valence-corrected chi connectivity index (χ2v) is 7.39. The molecule has 1 unspecified atom stereocenters. The molecule has 1 atom stereocenters. The molecule has 102 valence electrons. The molecule has 0 spiro atoms. The van der Waals surface area contributed by atoms with Gasteiger partial charge in [-0.25, -0.2) is 17.2 Å². The van der Waals surface area contributed by atoms with Crippen LogP contribution in [0.2, 0.25) is 0 Å². The Kier molecular flexibility index (Phi) is 4.12. The molecule has 0 aliphatic carbocycles. The fourth-order valence-electron chi connectivity index (χ4n) is 1.41. The Morgan fingerprint density at radius 1 is 1.28 bits per heavy atom. The van der Waals surface area contributed by atoms with Crippen LogP contribution in [0, 0.1) is 11.6 Å². The standard InChI is InChI=1S/C12H16F2O3S/c1-12(2,18(3,16)17)11(15)7-8-9(13)5-4-6-10(8)14/h4-6,11,15H,7H2,1-3H3. The SMILES string of the molecule is CC(C)(C(O)Cc1c(F)cccc1F)S(C)(=O)=O.